The molecule has 0 spiro atoms. The van der Waals surface area contributed by atoms with Gasteiger partial charge in [-0.25, -0.2) is 0 Å². The molecule has 2 rings (SSSR count). The monoisotopic (exact) mass is 214 g/mol. The van der Waals surface area contributed by atoms with Crippen LogP contribution in [0.15, 0.2) is 36.7 Å². The maximum absolute atomic E-state index is 11.1. The van der Waals surface area contributed by atoms with Crippen molar-refractivity contribution >= 4 is 10.8 Å². The van der Waals surface area contributed by atoms with Gasteiger partial charge >= 0.3 is 0 Å². The third-order valence-corrected chi connectivity index (χ3v) is 2.22. The molecule has 80 valence electrons. The van der Waals surface area contributed by atoms with E-state index in [9.17, 15) is 5.21 Å². The van der Waals surface area contributed by atoms with E-state index in [0.29, 0.717) is 5.75 Å². The van der Waals surface area contributed by atoms with Crippen molar-refractivity contribution in [2.75, 3.05) is 0 Å². The Kier molecular flexibility index (Phi) is 2.61. The highest BCUT2D eigenvalue weighted by molar-refractivity contribution is 5.82. The predicted molar refractivity (Wildman–Crippen MR) is 58.6 cm³/mol. The normalized spacial score (nSPS) is 12.0. The number of fused-ring (bicyclic) bond motifs is 1. The van der Waals surface area contributed by atoms with E-state index in [1.807, 2.05) is 12.1 Å². The summed E-state index contributed by atoms with van der Waals surface area (Å²) in [5.74, 6) is 0.591. The topological polar surface area (TPSA) is 60.0 Å². The second-order valence-corrected chi connectivity index (χ2v) is 3.48. The summed E-state index contributed by atoms with van der Waals surface area (Å²) in [6, 6.07) is 9.11. The molecule has 1 heterocycles. The molecule has 1 aromatic heterocycles. The highest BCUT2D eigenvalue weighted by atomic mass is 16.5. The van der Waals surface area contributed by atoms with Crippen LogP contribution in [-0.2, 0) is 0 Å². The number of ether oxygens (including phenoxy) is 1. The van der Waals surface area contributed by atoms with Crippen molar-refractivity contribution in [3.8, 4) is 11.8 Å². The molecule has 2 aromatic rings. The lowest BCUT2D eigenvalue weighted by Crippen LogP contribution is -2.23. The summed E-state index contributed by atoms with van der Waals surface area (Å²) in [5.41, 5.74) is 0. The van der Waals surface area contributed by atoms with E-state index in [0.717, 1.165) is 15.5 Å². The number of nitrogens with zero attached hydrogens (tertiary/aromatic N) is 2. The first-order chi connectivity index (χ1) is 7.69. The highest BCUT2D eigenvalue weighted by Gasteiger charge is 2.04. The van der Waals surface area contributed by atoms with Crippen molar-refractivity contribution in [1.29, 1.82) is 5.26 Å². The van der Waals surface area contributed by atoms with Crippen molar-refractivity contribution in [2.45, 2.75) is 13.0 Å². The Balaban J connectivity index is 2.39. The predicted octanol–water partition coefficient (Wildman–Crippen LogP) is 1.76. The molecule has 0 aliphatic heterocycles. The van der Waals surface area contributed by atoms with Crippen molar-refractivity contribution in [1.82, 2.24) is 0 Å². The fraction of sp³-hybridized carbons (Fsp3) is 0.167. The zero-order chi connectivity index (χ0) is 11.5. The smallest absolute Gasteiger partial charge is 0.188 e. The molecule has 1 atom stereocenters. The van der Waals surface area contributed by atoms with Crippen LogP contribution in [0.1, 0.15) is 6.92 Å². The summed E-state index contributed by atoms with van der Waals surface area (Å²) in [5, 5.41) is 21.5. The number of pyridine rings is 1. The highest BCUT2D eigenvalue weighted by Crippen LogP contribution is 2.20. The molecule has 0 saturated heterocycles. The van der Waals surface area contributed by atoms with Gasteiger partial charge in [-0.05, 0) is 24.4 Å². The fourth-order valence-electron chi connectivity index (χ4n) is 1.45. The summed E-state index contributed by atoms with van der Waals surface area (Å²) in [6.07, 6.45) is 2.42. The lowest BCUT2D eigenvalue weighted by atomic mass is 10.2. The van der Waals surface area contributed by atoms with E-state index in [4.69, 9.17) is 10.00 Å². The summed E-state index contributed by atoms with van der Waals surface area (Å²) in [6.45, 7) is 1.67. The minimum Gasteiger partial charge on any atom is -0.619 e. The summed E-state index contributed by atoms with van der Waals surface area (Å²) < 4.78 is 6.07. The van der Waals surface area contributed by atoms with E-state index >= 15 is 0 Å². The third kappa shape index (κ3) is 2.04. The number of hydrogen-bond donors (Lipinski definition) is 0. The lowest BCUT2D eigenvalue weighted by Gasteiger charge is -2.08. The molecule has 0 aliphatic carbocycles. The molecule has 4 heteroatoms. The number of rotatable bonds is 2. The Labute approximate surface area is 92.9 Å². The van der Waals surface area contributed by atoms with E-state index in [1.165, 1.54) is 12.4 Å². The first-order valence-electron chi connectivity index (χ1n) is 4.88. The molecule has 4 nitrogen and oxygen atoms in total. The minimum atomic E-state index is -0.500. The van der Waals surface area contributed by atoms with Crippen LogP contribution in [0.25, 0.3) is 10.8 Å². The molecule has 0 aliphatic rings. The van der Waals surface area contributed by atoms with E-state index in [-0.39, 0.29) is 0 Å². The Morgan fingerprint density at radius 2 is 2.19 bits per heavy atom. The van der Waals surface area contributed by atoms with Crippen LogP contribution in [0.4, 0.5) is 0 Å². The number of benzene rings is 1. The van der Waals surface area contributed by atoms with Gasteiger partial charge in [0.25, 0.3) is 0 Å². The second-order valence-electron chi connectivity index (χ2n) is 3.48. The summed E-state index contributed by atoms with van der Waals surface area (Å²) >= 11 is 0. The molecular weight excluding hydrogens is 204 g/mol. The Morgan fingerprint density at radius 3 is 2.94 bits per heavy atom. The van der Waals surface area contributed by atoms with Gasteiger partial charge in [-0.15, -0.1) is 0 Å². The Hall–Kier alpha value is -2.28. The maximum atomic E-state index is 11.1. The van der Waals surface area contributed by atoms with Crippen LogP contribution in [0.3, 0.4) is 0 Å². The summed E-state index contributed by atoms with van der Waals surface area (Å²) in [7, 11) is 0. The molecule has 1 unspecified atom stereocenters. The maximum Gasteiger partial charge on any atom is 0.188 e. The quantitative estimate of drug-likeness (QED) is 0.565. The van der Waals surface area contributed by atoms with Gasteiger partial charge in [-0.1, -0.05) is 6.07 Å². The van der Waals surface area contributed by atoms with Crippen LogP contribution < -0.4 is 9.47 Å². The van der Waals surface area contributed by atoms with Crippen molar-refractivity contribution in [2.24, 2.45) is 0 Å². The Morgan fingerprint density at radius 1 is 1.38 bits per heavy atom. The van der Waals surface area contributed by atoms with Crippen LogP contribution in [-0.4, -0.2) is 6.10 Å². The largest absolute Gasteiger partial charge is 0.619 e. The molecular formula is C12H10N2O2. The van der Waals surface area contributed by atoms with Gasteiger partial charge in [0, 0.05) is 6.07 Å². The molecule has 0 bridgehead atoms. The zero-order valence-corrected chi connectivity index (χ0v) is 8.75. The average Bonchev–Trinajstić information content (AvgIpc) is 2.28. The van der Waals surface area contributed by atoms with Crippen molar-refractivity contribution < 1.29 is 9.47 Å². The standard InChI is InChI=1S/C12H10N2O2/c1-9(7-13)16-12-3-2-10-4-5-14(15)8-11(10)6-12/h2-6,8-9H,1H3. The Bertz CT molecular complexity index is 560. The molecule has 0 N–H and O–H groups in total. The van der Waals surface area contributed by atoms with Crippen molar-refractivity contribution in [3.63, 3.8) is 0 Å². The van der Waals surface area contributed by atoms with Gasteiger partial charge in [0.2, 0.25) is 0 Å². The first-order valence-corrected chi connectivity index (χ1v) is 4.88. The fourth-order valence-corrected chi connectivity index (χ4v) is 1.45. The molecule has 1 aromatic carbocycles. The van der Waals surface area contributed by atoms with E-state index in [2.05, 4.69) is 0 Å². The third-order valence-electron chi connectivity index (χ3n) is 2.22. The zero-order valence-electron chi connectivity index (χ0n) is 8.75. The molecule has 0 saturated carbocycles. The van der Waals surface area contributed by atoms with Gasteiger partial charge in [-0.2, -0.15) is 9.99 Å². The van der Waals surface area contributed by atoms with Crippen LogP contribution in [0.2, 0.25) is 0 Å². The number of hydrogen-bond acceptors (Lipinski definition) is 3. The number of nitriles is 1. The average molecular weight is 214 g/mol. The number of aromatic nitrogens is 1. The lowest BCUT2D eigenvalue weighted by molar-refractivity contribution is -0.603. The van der Waals surface area contributed by atoms with Gasteiger partial charge in [0.15, 0.2) is 18.5 Å². The van der Waals surface area contributed by atoms with Crippen LogP contribution in [0, 0.1) is 16.5 Å². The van der Waals surface area contributed by atoms with Gasteiger partial charge in [0.05, 0.1) is 5.39 Å². The minimum absolute atomic E-state index is 0.500. The van der Waals surface area contributed by atoms with Crippen molar-refractivity contribution in [3.05, 3.63) is 41.9 Å². The van der Waals surface area contributed by atoms with Gasteiger partial charge < -0.3 is 9.94 Å². The molecule has 16 heavy (non-hydrogen) atoms. The first kappa shape index (κ1) is 10.2. The summed E-state index contributed by atoms with van der Waals surface area (Å²) in [4.78, 5) is 0. The van der Waals surface area contributed by atoms with Crippen LogP contribution in [0.5, 0.6) is 5.75 Å². The van der Waals surface area contributed by atoms with E-state index in [1.54, 1.807) is 25.1 Å². The van der Waals surface area contributed by atoms with Crippen LogP contribution >= 0.6 is 0 Å². The van der Waals surface area contributed by atoms with Gasteiger partial charge in [0.1, 0.15) is 11.8 Å². The molecule has 0 fully saturated rings. The van der Waals surface area contributed by atoms with E-state index < -0.39 is 6.10 Å². The molecule has 0 amide bonds. The van der Waals surface area contributed by atoms with Gasteiger partial charge in [-0.3, -0.25) is 0 Å². The SMILES string of the molecule is CC(C#N)Oc1ccc2cc[n+]([O-])cc2c1. The molecule has 0 radical (unpaired) electrons. The second kappa shape index (κ2) is 4.07.